The van der Waals surface area contributed by atoms with Gasteiger partial charge in [-0.05, 0) is 20.4 Å². The van der Waals surface area contributed by atoms with Crippen molar-refractivity contribution in [1.82, 2.24) is 14.3 Å². The molecule has 1 atom stereocenters. The number of carbonyl (C=O) groups excluding carboxylic acids is 1. The van der Waals surface area contributed by atoms with E-state index in [0.29, 0.717) is 16.8 Å². The fraction of sp³-hybridized carbons (Fsp3) is 0.727. The largest absolute Gasteiger partial charge is 0.392 e. The van der Waals surface area contributed by atoms with E-state index in [0.717, 1.165) is 12.2 Å². The Kier molecular flexibility index (Phi) is 7.29. The molecule has 0 bridgehead atoms. The number of aliphatic hydroxyl groups is 1. The molecule has 1 aromatic heterocycles. The molecule has 1 aromatic rings. The first-order chi connectivity index (χ1) is 9.01. The molecule has 1 heterocycles. The van der Waals surface area contributed by atoms with E-state index in [1.807, 2.05) is 0 Å². The Morgan fingerprint density at radius 2 is 2.37 bits per heavy atom. The molecule has 1 amide bonds. The molecule has 0 aliphatic rings. The second-order valence-electron chi connectivity index (χ2n) is 4.32. The third-order valence-electron chi connectivity index (χ3n) is 2.08. The average Bonchev–Trinajstić information content (AvgIpc) is 2.72. The van der Waals surface area contributed by atoms with Gasteiger partial charge < -0.3 is 5.11 Å². The van der Waals surface area contributed by atoms with Gasteiger partial charge in [-0.25, -0.2) is 0 Å². The lowest BCUT2D eigenvalue weighted by Crippen LogP contribution is -2.34. The van der Waals surface area contributed by atoms with Gasteiger partial charge in [0.2, 0.25) is 16.2 Å². The summed E-state index contributed by atoms with van der Waals surface area (Å²) in [5.41, 5.74) is 0. The van der Waals surface area contributed by atoms with Gasteiger partial charge in [0.15, 0.2) is 0 Å². The summed E-state index contributed by atoms with van der Waals surface area (Å²) in [6.07, 6.45) is 0.617. The molecule has 0 radical (unpaired) electrons. The molecule has 0 saturated carbocycles. The second-order valence-corrected chi connectivity index (χ2v) is 6.14. The lowest BCUT2D eigenvalue weighted by Gasteiger charge is -2.16. The van der Waals surface area contributed by atoms with Crippen molar-refractivity contribution in [2.24, 2.45) is 0 Å². The van der Waals surface area contributed by atoms with Crippen LogP contribution < -0.4 is 5.32 Å². The number of likely N-dealkylation sites (N-methyl/N-ethyl adjacent to an activating group) is 1. The molecule has 108 valence electrons. The molecule has 0 aromatic carbocycles. The summed E-state index contributed by atoms with van der Waals surface area (Å²) in [6.45, 7) is 4.47. The molecule has 0 aliphatic carbocycles. The Bertz CT molecular complexity index is 398. The molecular formula is C11H20N4O2S2. The second kappa shape index (κ2) is 8.47. The number of carbonyl (C=O) groups is 1. The number of thioether (sulfide) groups is 1. The maximum atomic E-state index is 11.7. The molecule has 0 spiro atoms. The first-order valence-corrected chi connectivity index (χ1v) is 7.90. The van der Waals surface area contributed by atoms with Crippen molar-refractivity contribution < 1.29 is 9.90 Å². The third-order valence-corrected chi connectivity index (χ3v) is 3.88. The van der Waals surface area contributed by atoms with Crippen LogP contribution in [0.2, 0.25) is 0 Å². The summed E-state index contributed by atoms with van der Waals surface area (Å²) in [6, 6.07) is 0. The average molecular weight is 304 g/mol. The highest BCUT2D eigenvalue weighted by atomic mass is 32.2. The van der Waals surface area contributed by atoms with Gasteiger partial charge in [-0.2, -0.15) is 9.36 Å². The van der Waals surface area contributed by atoms with E-state index in [9.17, 15) is 9.90 Å². The van der Waals surface area contributed by atoms with Crippen LogP contribution in [-0.2, 0) is 4.79 Å². The van der Waals surface area contributed by atoms with Crippen molar-refractivity contribution in [1.29, 1.82) is 0 Å². The van der Waals surface area contributed by atoms with Gasteiger partial charge in [0.1, 0.15) is 0 Å². The van der Waals surface area contributed by atoms with Gasteiger partial charge in [-0.1, -0.05) is 18.7 Å². The van der Waals surface area contributed by atoms with Gasteiger partial charge in [0, 0.05) is 23.8 Å². The van der Waals surface area contributed by atoms with Gasteiger partial charge in [-0.15, -0.1) is 0 Å². The molecule has 0 saturated heterocycles. The molecule has 0 fully saturated rings. The number of nitrogens with one attached hydrogen (secondary N) is 1. The Morgan fingerprint density at radius 1 is 1.63 bits per heavy atom. The highest BCUT2D eigenvalue weighted by molar-refractivity contribution is 7.99. The zero-order valence-corrected chi connectivity index (χ0v) is 13.1. The summed E-state index contributed by atoms with van der Waals surface area (Å²) in [4.78, 5) is 17.7. The lowest BCUT2D eigenvalue weighted by molar-refractivity contribution is -0.117. The number of rotatable bonds is 8. The minimum atomic E-state index is -0.448. The third kappa shape index (κ3) is 6.86. The number of hydrogen-bond acceptors (Lipinski definition) is 7. The number of hydrogen-bond donors (Lipinski definition) is 2. The number of anilines is 1. The van der Waals surface area contributed by atoms with E-state index in [-0.39, 0.29) is 12.5 Å². The first-order valence-electron chi connectivity index (χ1n) is 6.14. The van der Waals surface area contributed by atoms with Crippen molar-refractivity contribution in [3.8, 4) is 0 Å². The predicted octanol–water partition coefficient (Wildman–Crippen LogP) is 1.29. The standard InChI is InChI=1S/C11H20N4O2S2/c1-4-5-18-11-13-10(19-14-11)12-9(17)7-15(3)6-8(2)16/h8,16H,4-7H2,1-3H3,(H,12,13,14,17). The van der Waals surface area contributed by atoms with Crippen LogP contribution >= 0.6 is 23.3 Å². The number of aromatic nitrogens is 2. The van der Waals surface area contributed by atoms with Gasteiger partial charge in [0.25, 0.3) is 0 Å². The minimum absolute atomic E-state index is 0.147. The SMILES string of the molecule is CCCSc1nsc(NC(=O)CN(C)CC(C)O)n1. The molecule has 1 unspecified atom stereocenters. The predicted molar refractivity (Wildman–Crippen MR) is 78.7 cm³/mol. The fourth-order valence-corrected chi connectivity index (χ4v) is 2.85. The van der Waals surface area contributed by atoms with Crippen molar-refractivity contribution in [2.45, 2.75) is 31.5 Å². The van der Waals surface area contributed by atoms with Crippen LogP contribution in [0.5, 0.6) is 0 Å². The van der Waals surface area contributed by atoms with Crippen LogP contribution in [-0.4, -0.2) is 57.3 Å². The summed E-state index contributed by atoms with van der Waals surface area (Å²) in [5, 5.41) is 13.2. The van der Waals surface area contributed by atoms with E-state index >= 15 is 0 Å². The summed E-state index contributed by atoms with van der Waals surface area (Å²) in [5.74, 6) is 0.827. The number of amides is 1. The zero-order valence-electron chi connectivity index (χ0n) is 11.4. The van der Waals surface area contributed by atoms with E-state index in [2.05, 4.69) is 21.6 Å². The topological polar surface area (TPSA) is 78.4 Å². The Morgan fingerprint density at radius 3 is 3.00 bits per heavy atom. The van der Waals surface area contributed by atoms with E-state index in [1.54, 1.807) is 30.6 Å². The van der Waals surface area contributed by atoms with Crippen molar-refractivity contribution in [3.05, 3.63) is 0 Å². The van der Waals surface area contributed by atoms with Crippen LogP contribution in [0.15, 0.2) is 5.16 Å². The zero-order chi connectivity index (χ0) is 14.3. The van der Waals surface area contributed by atoms with Gasteiger partial charge in [-0.3, -0.25) is 15.0 Å². The first kappa shape index (κ1) is 16.4. The summed E-state index contributed by atoms with van der Waals surface area (Å²) < 4.78 is 4.16. The normalized spacial score (nSPS) is 12.7. The molecule has 0 aliphatic heterocycles. The summed E-state index contributed by atoms with van der Waals surface area (Å²) in [7, 11) is 1.79. The Hall–Kier alpha value is -0.700. The van der Waals surface area contributed by atoms with E-state index < -0.39 is 6.10 Å². The molecule has 19 heavy (non-hydrogen) atoms. The Balaban J connectivity index is 2.37. The van der Waals surface area contributed by atoms with Crippen LogP contribution in [0.3, 0.4) is 0 Å². The number of aliphatic hydroxyl groups excluding tert-OH is 1. The van der Waals surface area contributed by atoms with E-state index in [4.69, 9.17) is 0 Å². The smallest absolute Gasteiger partial charge is 0.240 e. The quantitative estimate of drug-likeness (QED) is 0.705. The highest BCUT2D eigenvalue weighted by Crippen LogP contribution is 2.20. The fourth-order valence-electron chi connectivity index (χ4n) is 1.43. The van der Waals surface area contributed by atoms with Crippen LogP contribution in [0, 0.1) is 0 Å². The lowest BCUT2D eigenvalue weighted by atomic mass is 10.3. The van der Waals surface area contributed by atoms with Gasteiger partial charge >= 0.3 is 0 Å². The van der Waals surface area contributed by atoms with Gasteiger partial charge in [0.05, 0.1) is 12.6 Å². The number of nitrogens with zero attached hydrogens (tertiary/aromatic N) is 3. The summed E-state index contributed by atoms with van der Waals surface area (Å²) >= 11 is 2.77. The molecule has 1 rings (SSSR count). The Labute approximate surface area is 121 Å². The van der Waals surface area contributed by atoms with Crippen molar-refractivity contribution >= 4 is 34.3 Å². The molecule has 8 heteroatoms. The van der Waals surface area contributed by atoms with E-state index in [1.165, 1.54) is 11.5 Å². The van der Waals surface area contributed by atoms with Crippen LogP contribution in [0.25, 0.3) is 0 Å². The van der Waals surface area contributed by atoms with Crippen molar-refractivity contribution in [3.63, 3.8) is 0 Å². The minimum Gasteiger partial charge on any atom is -0.392 e. The molecule has 2 N–H and O–H groups in total. The van der Waals surface area contributed by atoms with Crippen LogP contribution in [0.1, 0.15) is 20.3 Å². The molecular weight excluding hydrogens is 284 g/mol. The maximum Gasteiger partial charge on any atom is 0.240 e. The monoisotopic (exact) mass is 304 g/mol. The maximum absolute atomic E-state index is 11.7. The highest BCUT2D eigenvalue weighted by Gasteiger charge is 2.11. The molecule has 6 nitrogen and oxygen atoms in total. The van der Waals surface area contributed by atoms with Crippen LogP contribution in [0.4, 0.5) is 5.13 Å². The van der Waals surface area contributed by atoms with Crippen molar-refractivity contribution in [2.75, 3.05) is 31.2 Å².